The summed E-state index contributed by atoms with van der Waals surface area (Å²) in [5, 5.41) is 3.83. The van der Waals surface area contributed by atoms with E-state index in [0.717, 1.165) is 24.9 Å². The lowest BCUT2D eigenvalue weighted by Crippen LogP contribution is -2.38. The number of hydrogen-bond donors (Lipinski definition) is 0. The minimum absolute atomic E-state index is 0.0322. The third-order valence-electron chi connectivity index (χ3n) is 3.84. The van der Waals surface area contributed by atoms with E-state index in [1.165, 1.54) is 0 Å². The Morgan fingerprint density at radius 3 is 2.91 bits per heavy atom. The number of carbonyl (C=O) groups excluding carboxylic acids is 1. The van der Waals surface area contributed by atoms with Gasteiger partial charge in [-0.3, -0.25) is 4.79 Å². The number of nitrogens with zero attached hydrogens (tertiary/aromatic N) is 3. The van der Waals surface area contributed by atoms with E-state index in [0.29, 0.717) is 18.3 Å². The molecule has 3 rings (SSSR count). The van der Waals surface area contributed by atoms with Crippen LogP contribution in [0.2, 0.25) is 0 Å². The van der Waals surface area contributed by atoms with Crippen molar-refractivity contribution in [2.24, 2.45) is 0 Å². The number of piperidine rings is 1. The van der Waals surface area contributed by atoms with Gasteiger partial charge >= 0.3 is 0 Å². The van der Waals surface area contributed by atoms with Crippen LogP contribution >= 0.6 is 0 Å². The van der Waals surface area contributed by atoms with Crippen molar-refractivity contribution >= 4 is 12.0 Å². The molecule has 1 saturated heterocycles. The van der Waals surface area contributed by atoms with Crippen molar-refractivity contribution in [3.05, 3.63) is 53.7 Å². The fourth-order valence-electron chi connectivity index (χ4n) is 2.69. The molecule has 1 aromatic carbocycles. The maximum Gasteiger partial charge on any atom is 0.246 e. The molecule has 114 valence electrons. The predicted octanol–water partition coefficient (Wildman–Crippen LogP) is 2.80. The summed E-state index contributed by atoms with van der Waals surface area (Å²) < 4.78 is 5.24. The Bertz CT molecular complexity index is 664. The first kappa shape index (κ1) is 14.5. The highest BCUT2D eigenvalue weighted by molar-refractivity contribution is 5.91. The molecule has 2 heterocycles. The third kappa shape index (κ3) is 3.42. The van der Waals surface area contributed by atoms with Gasteiger partial charge in [-0.2, -0.15) is 4.98 Å². The molecule has 5 nitrogen and oxygen atoms in total. The Morgan fingerprint density at radius 2 is 2.18 bits per heavy atom. The standard InChI is InChI=1S/C17H19N3O2/c1-13-18-17(22-19-13)15-8-5-11-20(12-15)16(21)10-9-14-6-3-2-4-7-14/h2-4,6-7,9-10,15H,5,8,11-12H2,1H3/b10-9-/t15-/m0/s1. The summed E-state index contributed by atoms with van der Waals surface area (Å²) in [5.74, 6) is 1.46. The largest absolute Gasteiger partial charge is 0.339 e. The van der Waals surface area contributed by atoms with Crippen molar-refractivity contribution < 1.29 is 9.32 Å². The summed E-state index contributed by atoms with van der Waals surface area (Å²) in [7, 11) is 0. The van der Waals surface area contributed by atoms with Gasteiger partial charge in [-0.05, 0) is 31.4 Å². The maximum absolute atomic E-state index is 12.3. The molecule has 22 heavy (non-hydrogen) atoms. The summed E-state index contributed by atoms with van der Waals surface area (Å²) in [6.07, 6.45) is 5.42. The van der Waals surface area contributed by atoms with E-state index in [4.69, 9.17) is 4.52 Å². The first-order valence-electron chi connectivity index (χ1n) is 7.54. The SMILES string of the molecule is Cc1noc([C@H]2CCCN(C(=O)/C=C\c3ccccc3)C2)n1. The lowest BCUT2D eigenvalue weighted by molar-refractivity contribution is -0.127. The zero-order valence-corrected chi connectivity index (χ0v) is 12.6. The zero-order valence-electron chi connectivity index (χ0n) is 12.6. The molecule has 0 bridgehead atoms. The maximum atomic E-state index is 12.3. The van der Waals surface area contributed by atoms with Gasteiger partial charge in [0.1, 0.15) is 0 Å². The van der Waals surface area contributed by atoms with Crippen molar-refractivity contribution in [3.63, 3.8) is 0 Å². The van der Waals surface area contributed by atoms with E-state index < -0.39 is 0 Å². The highest BCUT2D eigenvalue weighted by atomic mass is 16.5. The number of aromatic nitrogens is 2. The van der Waals surface area contributed by atoms with Crippen LogP contribution in [0.5, 0.6) is 0 Å². The Morgan fingerprint density at radius 1 is 1.36 bits per heavy atom. The van der Waals surface area contributed by atoms with Crippen LogP contribution in [0, 0.1) is 6.92 Å². The molecule has 1 fully saturated rings. The van der Waals surface area contributed by atoms with E-state index >= 15 is 0 Å². The second kappa shape index (κ2) is 6.56. The Kier molecular flexibility index (Phi) is 4.32. The number of aryl methyl sites for hydroxylation is 1. The van der Waals surface area contributed by atoms with E-state index in [1.54, 1.807) is 13.0 Å². The van der Waals surface area contributed by atoms with Crippen LogP contribution in [-0.2, 0) is 4.79 Å². The van der Waals surface area contributed by atoms with Gasteiger partial charge in [-0.25, -0.2) is 0 Å². The van der Waals surface area contributed by atoms with Gasteiger partial charge in [0.15, 0.2) is 5.82 Å². The molecule has 2 aromatic rings. The molecule has 1 atom stereocenters. The first-order valence-corrected chi connectivity index (χ1v) is 7.54. The van der Waals surface area contributed by atoms with Crippen LogP contribution in [0.15, 0.2) is 40.9 Å². The van der Waals surface area contributed by atoms with Crippen LogP contribution in [-0.4, -0.2) is 34.0 Å². The zero-order chi connectivity index (χ0) is 15.4. The van der Waals surface area contributed by atoms with E-state index in [9.17, 15) is 4.79 Å². The number of amides is 1. The van der Waals surface area contributed by atoms with Gasteiger partial charge in [-0.1, -0.05) is 35.5 Å². The summed E-state index contributed by atoms with van der Waals surface area (Å²) in [4.78, 5) is 18.5. The molecular formula is C17H19N3O2. The van der Waals surface area contributed by atoms with Crippen LogP contribution in [0.25, 0.3) is 6.08 Å². The summed E-state index contributed by atoms with van der Waals surface area (Å²) in [5.41, 5.74) is 1.02. The number of hydrogen-bond acceptors (Lipinski definition) is 4. The van der Waals surface area contributed by atoms with Gasteiger partial charge in [0.2, 0.25) is 11.8 Å². The lowest BCUT2D eigenvalue weighted by atomic mass is 9.98. The average Bonchev–Trinajstić information content (AvgIpc) is 3.00. The topological polar surface area (TPSA) is 59.2 Å². The molecule has 0 radical (unpaired) electrons. The molecule has 1 aliphatic rings. The fourth-order valence-corrected chi connectivity index (χ4v) is 2.69. The fraction of sp³-hybridized carbons (Fsp3) is 0.353. The van der Waals surface area contributed by atoms with Gasteiger partial charge in [0.25, 0.3) is 0 Å². The van der Waals surface area contributed by atoms with E-state index in [1.807, 2.05) is 41.3 Å². The number of rotatable bonds is 3. The minimum atomic E-state index is 0.0322. The van der Waals surface area contributed by atoms with Crippen molar-refractivity contribution in [3.8, 4) is 0 Å². The van der Waals surface area contributed by atoms with Gasteiger partial charge < -0.3 is 9.42 Å². The van der Waals surface area contributed by atoms with E-state index in [-0.39, 0.29) is 11.8 Å². The van der Waals surface area contributed by atoms with Gasteiger partial charge in [0.05, 0.1) is 5.92 Å². The van der Waals surface area contributed by atoms with Crippen molar-refractivity contribution in [2.75, 3.05) is 13.1 Å². The smallest absolute Gasteiger partial charge is 0.246 e. The highest BCUT2D eigenvalue weighted by Crippen LogP contribution is 2.25. The normalized spacial score (nSPS) is 18.8. The first-order chi connectivity index (χ1) is 10.7. The van der Waals surface area contributed by atoms with Crippen molar-refractivity contribution in [1.29, 1.82) is 0 Å². The number of benzene rings is 1. The summed E-state index contributed by atoms with van der Waals surface area (Å²) >= 11 is 0. The minimum Gasteiger partial charge on any atom is -0.339 e. The van der Waals surface area contributed by atoms with Crippen LogP contribution in [0.1, 0.15) is 36.0 Å². The second-order valence-electron chi connectivity index (χ2n) is 5.55. The number of carbonyl (C=O) groups is 1. The molecule has 1 aromatic heterocycles. The molecule has 5 heteroatoms. The molecule has 0 spiro atoms. The summed E-state index contributed by atoms with van der Waals surface area (Å²) in [6, 6.07) is 9.83. The second-order valence-corrected chi connectivity index (χ2v) is 5.55. The van der Waals surface area contributed by atoms with Gasteiger partial charge in [0, 0.05) is 19.2 Å². The molecular weight excluding hydrogens is 278 g/mol. The number of likely N-dealkylation sites (tertiary alicyclic amines) is 1. The van der Waals surface area contributed by atoms with Gasteiger partial charge in [-0.15, -0.1) is 0 Å². The molecule has 1 amide bonds. The summed E-state index contributed by atoms with van der Waals surface area (Å²) in [6.45, 7) is 3.22. The van der Waals surface area contributed by atoms with Crippen LogP contribution in [0.4, 0.5) is 0 Å². The molecule has 0 aliphatic carbocycles. The van der Waals surface area contributed by atoms with Crippen molar-refractivity contribution in [2.45, 2.75) is 25.7 Å². The average molecular weight is 297 g/mol. The highest BCUT2D eigenvalue weighted by Gasteiger charge is 2.27. The Hall–Kier alpha value is -2.43. The molecule has 0 unspecified atom stereocenters. The van der Waals surface area contributed by atoms with Crippen LogP contribution < -0.4 is 0 Å². The third-order valence-corrected chi connectivity index (χ3v) is 3.84. The molecule has 1 aliphatic heterocycles. The Balaban J connectivity index is 1.64. The quantitative estimate of drug-likeness (QED) is 0.817. The molecule has 0 N–H and O–H groups in total. The molecule has 0 saturated carbocycles. The van der Waals surface area contributed by atoms with Crippen LogP contribution in [0.3, 0.4) is 0 Å². The lowest BCUT2D eigenvalue weighted by Gasteiger charge is -2.30. The predicted molar refractivity (Wildman–Crippen MR) is 83.1 cm³/mol. The van der Waals surface area contributed by atoms with E-state index in [2.05, 4.69) is 10.1 Å². The monoisotopic (exact) mass is 297 g/mol. The Labute approximate surface area is 129 Å². The van der Waals surface area contributed by atoms with Crippen molar-refractivity contribution in [1.82, 2.24) is 15.0 Å².